The minimum Gasteiger partial charge on any atom is -0.497 e. The lowest BCUT2D eigenvalue weighted by Gasteiger charge is -2.27. The van der Waals surface area contributed by atoms with Crippen LogP contribution in [0.4, 0.5) is 0 Å². The second-order valence-corrected chi connectivity index (χ2v) is 5.58. The van der Waals surface area contributed by atoms with Gasteiger partial charge in [-0.05, 0) is 24.1 Å². The van der Waals surface area contributed by atoms with Crippen LogP contribution < -0.4 is 9.46 Å². The Balaban J connectivity index is 2.16. The number of rotatable bonds is 2. The van der Waals surface area contributed by atoms with Crippen molar-refractivity contribution in [1.82, 2.24) is 4.72 Å². The lowest BCUT2D eigenvalue weighted by molar-refractivity contribution is 0.413. The van der Waals surface area contributed by atoms with Crippen LogP contribution in [-0.4, -0.2) is 22.0 Å². The molecule has 0 aromatic heterocycles. The topological polar surface area (TPSA) is 61.7 Å². The van der Waals surface area contributed by atoms with Gasteiger partial charge in [-0.2, -0.15) is 0 Å². The quantitative estimate of drug-likeness (QED) is 0.728. The SMILES string of the molecule is COc1cccc(C2CCS(O)(O)N2)c1. The number of hydrogen-bond donors (Lipinski definition) is 3. The van der Waals surface area contributed by atoms with E-state index in [1.54, 1.807) is 7.11 Å². The number of methoxy groups -OCH3 is 1. The zero-order chi connectivity index (χ0) is 10.9. The summed E-state index contributed by atoms with van der Waals surface area (Å²) in [5, 5.41) is 0. The first kappa shape index (κ1) is 10.8. The molecule has 0 radical (unpaired) electrons. The summed E-state index contributed by atoms with van der Waals surface area (Å²) in [4.78, 5) is 0. The standard InChI is InChI=1S/C10H15NO3S/c1-14-9-4-2-3-8(7-9)10-5-6-15(12,13)11-10/h2-4,7,10-13H,5-6H2,1H3. The van der Waals surface area contributed by atoms with Crippen LogP contribution in [0, 0.1) is 0 Å². The van der Waals surface area contributed by atoms with Gasteiger partial charge in [0.15, 0.2) is 0 Å². The highest BCUT2D eigenvalue weighted by atomic mass is 32.3. The molecule has 3 N–H and O–H groups in total. The van der Waals surface area contributed by atoms with E-state index in [4.69, 9.17) is 4.74 Å². The van der Waals surface area contributed by atoms with Gasteiger partial charge in [0, 0.05) is 0 Å². The average molecular weight is 229 g/mol. The highest BCUT2D eigenvalue weighted by Gasteiger charge is 2.28. The van der Waals surface area contributed by atoms with E-state index in [9.17, 15) is 9.11 Å². The highest BCUT2D eigenvalue weighted by Crippen LogP contribution is 2.46. The molecule has 1 unspecified atom stereocenters. The molecule has 5 heteroatoms. The number of hydrogen-bond acceptors (Lipinski definition) is 4. The Morgan fingerprint density at radius 1 is 1.47 bits per heavy atom. The maximum absolute atomic E-state index is 9.45. The monoisotopic (exact) mass is 229 g/mol. The third kappa shape index (κ3) is 2.43. The molecule has 1 saturated heterocycles. The molecule has 1 atom stereocenters. The van der Waals surface area contributed by atoms with Crippen LogP contribution in [0.25, 0.3) is 0 Å². The molecule has 1 heterocycles. The summed E-state index contributed by atoms with van der Waals surface area (Å²) < 4.78 is 26.9. The summed E-state index contributed by atoms with van der Waals surface area (Å²) in [6, 6.07) is 7.67. The van der Waals surface area contributed by atoms with Crippen molar-refractivity contribution in [2.75, 3.05) is 12.9 Å². The zero-order valence-corrected chi connectivity index (χ0v) is 9.33. The van der Waals surface area contributed by atoms with Crippen molar-refractivity contribution in [3.8, 4) is 5.75 Å². The van der Waals surface area contributed by atoms with Gasteiger partial charge in [-0.1, -0.05) is 12.1 Å². The van der Waals surface area contributed by atoms with Crippen molar-refractivity contribution >= 4 is 10.8 Å². The summed E-state index contributed by atoms with van der Waals surface area (Å²) in [6.07, 6.45) is 0.746. The number of nitrogens with one attached hydrogen (secondary N) is 1. The van der Waals surface area contributed by atoms with Gasteiger partial charge in [-0.3, -0.25) is 9.11 Å². The largest absolute Gasteiger partial charge is 0.497 e. The van der Waals surface area contributed by atoms with E-state index in [-0.39, 0.29) is 6.04 Å². The molecule has 1 fully saturated rings. The molecule has 15 heavy (non-hydrogen) atoms. The Labute approximate surface area is 90.7 Å². The molecule has 0 saturated carbocycles. The van der Waals surface area contributed by atoms with Gasteiger partial charge < -0.3 is 4.74 Å². The summed E-state index contributed by atoms with van der Waals surface area (Å²) in [5.41, 5.74) is 1.03. The van der Waals surface area contributed by atoms with E-state index in [0.29, 0.717) is 5.75 Å². The van der Waals surface area contributed by atoms with Gasteiger partial charge in [0.25, 0.3) is 0 Å². The predicted molar refractivity (Wildman–Crippen MR) is 61.2 cm³/mol. The zero-order valence-electron chi connectivity index (χ0n) is 8.51. The molecule has 4 nitrogen and oxygen atoms in total. The Morgan fingerprint density at radius 3 is 2.87 bits per heavy atom. The van der Waals surface area contributed by atoms with Crippen LogP contribution in [0.15, 0.2) is 24.3 Å². The fourth-order valence-electron chi connectivity index (χ4n) is 1.72. The Hall–Kier alpha value is -0.750. The molecule has 84 valence electrons. The lowest BCUT2D eigenvalue weighted by Crippen LogP contribution is -2.16. The van der Waals surface area contributed by atoms with Crippen molar-refractivity contribution < 1.29 is 13.8 Å². The lowest BCUT2D eigenvalue weighted by atomic mass is 10.1. The van der Waals surface area contributed by atoms with Gasteiger partial charge in [0.05, 0.1) is 18.9 Å². The van der Waals surface area contributed by atoms with Crippen molar-refractivity contribution in [1.29, 1.82) is 0 Å². The van der Waals surface area contributed by atoms with E-state index < -0.39 is 10.8 Å². The van der Waals surface area contributed by atoms with Crippen molar-refractivity contribution in [2.24, 2.45) is 0 Å². The van der Waals surface area contributed by atoms with Gasteiger partial charge in [0.2, 0.25) is 0 Å². The van der Waals surface area contributed by atoms with Crippen molar-refractivity contribution in [3.63, 3.8) is 0 Å². The van der Waals surface area contributed by atoms with Crippen LogP contribution >= 0.6 is 10.8 Å². The second-order valence-electron chi connectivity index (χ2n) is 3.61. The molecule has 1 aromatic carbocycles. The molecular weight excluding hydrogens is 214 g/mol. The number of ether oxygens (including phenoxy) is 1. The van der Waals surface area contributed by atoms with Gasteiger partial charge in [0.1, 0.15) is 5.75 Å². The van der Waals surface area contributed by atoms with Gasteiger partial charge in [-0.25, -0.2) is 4.72 Å². The van der Waals surface area contributed by atoms with Crippen molar-refractivity contribution in [3.05, 3.63) is 29.8 Å². The third-order valence-corrected chi connectivity index (χ3v) is 3.99. The van der Waals surface area contributed by atoms with Crippen LogP contribution in [0.1, 0.15) is 18.0 Å². The van der Waals surface area contributed by atoms with Gasteiger partial charge in [-0.15, -0.1) is 10.8 Å². The predicted octanol–water partition coefficient (Wildman–Crippen LogP) is 2.40. The first-order chi connectivity index (χ1) is 7.11. The van der Waals surface area contributed by atoms with E-state index in [1.807, 2.05) is 24.3 Å². The second kappa shape index (κ2) is 4.02. The van der Waals surface area contributed by atoms with E-state index in [2.05, 4.69) is 4.72 Å². The minimum atomic E-state index is -2.55. The average Bonchev–Trinajstić information content (AvgIpc) is 2.59. The van der Waals surface area contributed by atoms with Gasteiger partial charge >= 0.3 is 0 Å². The molecular formula is C10H15NO3S. The fourth-order valence-corrected chi connectivity index (χ4v) is 3.11. The first-order valence-electron chi connectivity index (χ1n) is 4.78. The van der Waals surface area contributed by atoms with Crippen molar-refractivity contribution in [2.45, 2.75) is 12.5 Å². The van der Waals surface area contributed by atoms with Crippen LogP contribution in [0.3, 0.4) is 0 Å². The maximum Gasteiger partial charge on any atom is 0.119 e. The van der Waals surface area contributed by atoms with E-state index in [0.717, 1.165) is 17.7 Å². The molecule has 0 bridgehead atoms. The Bertz CT molecular complexity index is 356. The van der Waals surface area contributed by atoms with E-state index >= 15 is 0 Å². The molecule has 1 aliphatic heterocycles. The molecule has 1 aromatic rings. The van der Waals surface area contributed by atoms with E-state index in [1.165, 1.54) is 0 Å². The molecule has 0 aliphatic carbocycles. The summed E-state index contributed by atoms with van der Waals surface area (Å²) >= 11 is 0. The van der Waals surface area contributed by atoms with Crippen LogP contribution in [-0.2, 0) is 0 Å². The minimum absolute atomic E-state index is 0.0186. The van der Waals surface area contributed by atoms with Crippen LogP contribution in [0.5, 0.6) is 5.75 Å². The molecule has 2 rings (SSSR count). The fraction of sp³-hybridized carbons (Fsp3) is 0.400. The molecule has 1 aliphatic rings. The number of benzene rings is 1. The van der Waals surface area contributed by atoms with Crippen LogP contribution in [0.2, 0.25) is 0 Å². The summed E-state index contributed by atoms with van der Waals surface area (Å²) in [7, 11) is -0.934. The maximum atomic E-state index is 9.45. The summed E-state index contributed by atoms with van der Waals surface area (Å²) in [6.45, 7) is 0. The normalized spacial score (nSPS) is 26.2. The molecule has 0 amide bonds. The molecule has 0 spiro atoms. The Kier molecular flexibility index (Phi) is 2.88. The highest BCUT2D eigenvalue weighted by molar-refractivity contribution is 8.22. The first-order valence-corrected chi connectivity index (χ1v) is 6.49. The Morgan fingerprint density at radius 2 is 2.27 bits per heavy atom. The third-order valence-electron chi connectivity index (χ3n) is 2.52. The summed E-state index contributed by atoms with van der Waals surface area (Å²) in [5.74, 6) is 1.21. The smallest absolute Gasteiger partial charge is 0.119 e.